The minimum atomic E-state index is -1.58. The smallest absolute Gasteiger partial charge is 0.308 e. The van der Waals surface area contributed by atoms with Crippen molar-refractivity contribution in [2.24, 2.45) is 0 Å². The fraction of sp³-hybridized carbons (Fsp3) is 0.143. The van der Waals surface area contributed by atoms with Crippen LogP contribution in [0.15, 0.2) is 57.4 Å². The van der Waals surface area contributed by atoms with Gasteiger partial charge < -0.3 is 4.74 Å². The maximum Gasteiger partial charge on any atom is 0.308 e. The molecule has 5 nitrogen and oxygen atoms in total. The minimum Gasteiger partial charge on any atom is -0.425 e. The van der Waals surface area contributed by atoms with Crippen LogP contribution in [0.1, 0.15) is 6.92 Å². The van der Waals surface area contributed by atoms with Gasteiger partial charge in [0.05, 0.1) is 4.90 Å². The van der Waals surface area contributed by atoms with Crippen LogP contribution < -0.4 is 4.74 Å². The molecule has 0 N–H and O–H groups in total. The van der Waals surface area contributed by atoms with Gasteiger partial charge in [-0.25, -0.2) is 9.19 Å². The van der Waals surface area contributed by atoms with E-state index in [1.54, 1.807) is 30.3 Å². The number of carbonyl (C=O) groups excluding carboxylic acids is 1. The SMILES string of the molecule is CC(=O)Oc1cc(S(C)=O)ccc1S(=O)c1ccccn1. The summed E-state index contributed by atoms with van der Waals surface area (Å²) in [6.45, 7) is 1.25. The Hall–Kier alpha value is -1.86. The number of benzene rings is 1. The summed E-state index contributed by atoms with van der Waals surface area (Å²) in [6, 6.07) is 9.67. The van der Waals surface area contributed by atoms with E-state index in [4.69, 9.17) is 4.74 Å². The first-order valence-electron chi connectivity index (χ1n) is 5.97. The third kappa shape index (κ3) is 3.83. The highest BCUT2D eigenvalue weighted by Gasteiger charge is 2.17. The van der Waals surface area contributed by atoms with Crippen molar-refractivity contribution in [1.29, 1.82) is 0 Å². The van der Waals surface area contributed by atoms with E-state index < -0.39 is 27.6 Å². The molecule has 0 saturated heterocycles. The number of pyridine rings is 1. The topological polar surface area (TPSA) is 73.3 Å². The second-order valence-electron chi connectivity index (χ2n) is 4.09. The van der Waals surface area contributed by atoms with Gasteiger partial charge in [-0.15, -0.1) is 0 Å². The van der Waals surface area contributed by atoms with Crippen LogP contribution in [0.5, 0.6) is 5.75 Å². The third-order valence-corrected chi connectivity index (χ3v) is 4.80. The Balaban J connectivity index is 2.49. The van der Waals surface area contributed by atoms with Gasteiger partial charge in [0.2, 0.25) is 0 Å². The minimum absolute atomic E-state index is 0.138. The fourth-order valence-corrected chi connectivity index (χ4v) is 3.22. The number of carbonyl (C=O) groups is 1. The Kier molecular flexibility index (Phi) is 4.98. The zero-order valence-electron chi connectivity index (χ0n) is 11.4. The van der Waals surface area contributed by atoms with Crippen LogP contribution in [0.3, 0.4) is 0 Å². The van der Waals surface area contributed by atoms with E-state index in [-0.39, 0.29) is 5.75 Å². The van der Waals surface area contributed by atoms with E-state index in [2.05, 4.69) is 4.98 Å². The highest BCUT2D eigenvalue weighted by Crippen LogP contribution is 2.28. The van der Waals surface area contributed by atoms with Gasteiger partial charge in [-0.05, 0) is 30.3 Å². The van der Waals surface area contributed by atoms with E-state index in [9.17, 15) is 13.2 Å². The van der Waals surface area contributed by atoms with Gasteiger partial charge in [-0.3, -0.25) is 9.00 Å². The van der Waals surface area contributed by atoms with Crippen molar-refractivity contribution >= 4 is 27.6 Å². The van der Waals surface area contributed by atoms with Crippen molar-refractivity contribution in [3.05, 3.63) is 42.6 Å². The van der Waals surface area contributed by atoms with E-state index in [1.807, 2.05) is 0 Å². The number of esters is 1. The molecular formula is C14H13NO4S2. The van der Waals surface area contributed by atoms with E-state index in [0.717, 1.165) is 0 Å². The first-order valence-corrected chi connectivity index (χ1v) is 8.68. The van der Waals surface area contributed by atoms with Crippen molar-refractivity contribution in [1.82, 2.24) is 4.98 Å². The van der Waals surface area contributed by atoms with E-state index in [0.29, 0.717) is 14.8 Å². The Morgan fingerprint density at radius 2 is 1.95 bits per heavy atom. The lowest BCUT2D eigenvalue weighted by Crippen LogP contribution is -2.06. The van der Waals surface area contributed by atoms with Crippen molar-refractivity contribution in [3.8, 4) is 5.75 Å². The van der Waals surface area contributed by atoms with Crippen LogP contribution in [0.4, 0.5) is 0 Å². The first-order chi connectivity index (χ1) is 9.99. The lowest BCUT2D eigenvalue weighted by atomic mass is 10.3. The van der Waals surface area contributed by atoms with Gasteiger partial charge in [0.1, 0.15) is 21.6 Å². The molecule has 2 aromatic rings. The van der Waals surface area contributed by atoms with Gasteiger partial charge in [0, 0.05) is 35.1 Å². The molecule has 0 aliphatic rings. The quantitative estimate of drug-likeness (QED) is 0.635. The Morgan fingerprint density at radius 1 is 1.19 bits per heavy atom. The standard InChI is InChI=1S/C14H13NO4S2/c1-10(16)19-12-9-11(20(2)17)6-7-13(12)21(18)14-5-3-4-8-15-14/h3-9H,1-2H3. The molecule has 2 atom stereocenters. The molecule has 7 heteroatoms. The lowest BCUT2D eigenvalue weighted by Gasteiger charge is -2.09. The predicted octanol–water partition coefficient (Wildman–Crippen LogP) is 1.91. The summed E-state index contributed by atoms with van der Waals surface area (Å²) >= 11 is 0. The zero-order chi connectivity index (χ0) is 15.4. The molecule has 0 fully saturated rings. The fourth-order valence-electron chi connectivity index (χ4n) is 1.62. The van der Waals surface area contributed by atoms with Crippen LogP contribution in [0, 0.1) is 0 Å². The summed E-state index contributed by atoms with van der Waals surface area (Å²) in [4.78, 5) is 16.0. The molecule has 1 heterocycles. The molecule has 0 saturated carbocycles. The molecule has 0 spiro atoms. The average Bonchev–Trinajstić information content (AvgIpc) is 2.46. The number of hydrogen-bond acceptors (Lipinski definition) is 5. The molecule has 2 unspecified atom stereocenters. The molecule has 1 aromatic carbocycles. The largest absolute Gasteiger partial charge is 0.425 e. The van der Waals surface area contributed by atoms with Crippen LogP contribution in [-0.2, 0) is 26.4 Å². The second-order valence-corrected chi connectivity index (χ2v) is 6.87. The Bertz CT molecular complexity index is 716. The Morgan fingerprint density at radius 3 is 2.52 bits per heavy atom. The normalized spacial score (nSPS) is 13.4. The summed E-state index contributed by atoms with van der Waals surface area (Å²) < 4.78 is 29.1. The van der Waals surface area contributed by atoms with Gasteiger partial charge in [-0.2, -0.15) is 0 Å². The summed E-state index contributed by atoms with van der Waals surface area (Å²) in [5, 5.41) is 0.358. The van der Waals surface area contributed by atoms with Crippen molar-refractivity contribution < 1.29 is 17.9 Å². The van der Waals surface area contributed by atoms with Crippen LogP contribution in [-0.4, -0.2) is 25.6 Å². The number of ether oxygens (including phenoxy) is 1. The third-order valence-electron chi connectivity index (χ3n) is 2.53. The molecule has 2 rings (SSSR count). The Labute approximate surface area is 127 Å². The summed E-state index contributed by atoms with van der Waals surface area (Å²) in [5.41, 5.74) is 0. The number of nitrogens with zero attached hydrogens (tertiary/aromatic N) is 1. The van der Waals surface area contributed by atoms with Crippen LogP contribution in [0.25, 0.3) is 0 Å². The predicted molar refractivity (Wildman–Crippen MR) is 79.0 cm³/mol. The van der Waals surface area contributed by atoms with Gasteiger partial charge in [0.25, 0.3) is 0 Å². The number of aromatic nitrogens is 1. The molecule has 0 aliphatic carbocycles. The van der Waals surface area contributed by atoms with Crippen LogP contribution >= 0.6 is 0 Å². The van der Waals surface area contributed by atoms with Crippen molar-refractivity contribution in [3.63, 3.8) is 0 Å². The van der Waals surface area contributed by atoms with E-state index >= 15 is 0 Å². The zero-order valence-corrected chi connectivity index (χ0v) is 13.1. The number of rotatable bonds is 4. The van der Waals surface area contributed by atoms with Gasteiger partial charge in [-0.1, -0.05) is 6.07 Å². The highest BCUT2D eigenvalue weighted by molar-refractivity contribution is 7.85. The van der Waals surface area contributed by atoms with E-state index in [1.165, 1.54) is 25.4 Å². The molecule has 0 radical (unpaired) electrons. The first kappa shape index (κ1) is 15.5. The van der Waals surface area contributed by atoms with Gasteiger partial charge in [0.15, 0.2) is 0 Å². The summed E-state index contributed by atoms with van der Waals surface area (Å²) in [6.07, 6.45) is 3.05. The molecule has 0 aliphatic heterocycles. The molecular weight excluding hydrogens is 310 g/mol. The maximum absolute atomic E-state index is 12.5. The van der Waals surface area contributed by atoms with Gasteiger partial charge >= 0.3 is 5.97 Å². The van der Waals surface area contributed by atoms with Crippen molar-refractivity contribution in [2.45, 2.75) is 21.7 Å². The summed E-state index contributed by atoms with van der Waals surface area (Å²) in [7, 11) is -2.81. The molecule has 110 valence electrons. The lowest BCUT2D eigenvalue weighted by molar-refractivity contribution is -0.132. The maximum atomic E-state index is 12.5. The van der Waals surface area contributed by atoms with Crippen molar-refractivity contribution in [2.75, 3.05) is 6.26 Å². The highest BCUT2D eigenvalue weighted by atomic mass is 32.2. The molecule has 0 amide bonds. The second kappa shape index (κ2) is 6.73. The molecule has 21 heavy (non-hydrogen) atoms. The molecule has 1 aromatic heterocycles. The molecule has 0 bridgehead atoms. The van der Waals surface area contributed by atoms with Crippen LogP contribution in [0.2, 0.25) is 0 Å². The monoisotopic (exact) mass is 323 g/mol. The summed E-state index contributed by atoms with van der Waals surface area (Å²) in [5.74, 6) is -0.396. The number of hydrogen-bond donors (Lipinski definition) is 0. The average molecular weight is 323 g/mol.